The van der Waals surface area contributed by atoms with Crippen LogP contribution in [0.1, 0.15) is 32.1 Å². The summed E-state index contributed by atoms with van der Waals surface area (Å²) in [7, 11) is 0. The third-order valence-electron chi connectivity index (χ3n) is 4.84. The quantitative estimate of drug-likeness (QED) is 0.665. The molecule has 0 aromatic heterocycles. The predicted molar refractivity (Wildman–Crippen MR) is 90.5 cm³/mol. The maximum Gasteiger partial charge on any atom is 0.248 e. The Morgan fingerprint density at radius 3 is 2.96 bits per heavy atom. The van der Waals surface area contributed by atoms with Gasteiger partial charge in [-0.1, -0.05) is 6.08 Å². The van der Waals surface area contributed by atoms with Gasteiger partial charge in [0.05, 0.1) is 18.3 Å². The number of hydrogen-bond acceptors (Lipinski definition) is 5. The topological polar surface area (TPSA) is 48.0 Å². The lowest BCUT2D eigenvalue weighted by Gasteiger charge is -2.30. The smallest absolute Gasteiger partial charge is 0.248 e. The van der Waals surface area contributed by atoms with Crippen molar-refractivity contribution < 1.29 is 19.0 Å². The molecule has 0 bridgehead atoms. The molecule has 1 amide bonds. The van der Waals surface area contributed by atoms with E-state index in [1.165, 1.54) is 18.6 Å². The number of hydrogen-bond donors (Lipinski definition) is 0. The van der Waals surface area contributed by atoms with Crippen LogP contribution in [0.5, 0.6) is 0 Å². The molecule has 0 N–H and O–H groups in total. The maximum absolute atomic E-state index is 12.5. The summed E-state index contributed by atoms with van der Waals surface area (Å²) in [4.78, 5) is 14.4. The third kappa shape index (κ3) is 4.72. The Balaban J connectivity index is 1.43. The van der Waals surface area contributed by atoms with Gasteiger partial charge >= 0.3 is 0 Å². The van der Waals surface area contributed by atoms with Crippen molar-refractivity contribution in [1.29, 1.82) is 0 Å². The van der Waals surface area contributed by atoms with E-state index in [1.54, 1.807) is 6.08 Å². The molecule has 1 saturated carbocycles. The molecular weight excluding hydrogens is 314 g/mol. The Morgan fingerprint density at radius 2 is 2.17 bits per heavy atom. The fourth-order valence-electron chi connectivity index (χ4n) is 3.54. The number of rotatable bonds is 7. The first-order valence-corrected chi connectivity index (χ1v) is 9.66. The number of carbonyl (C=O) groups excluding carboxylic acids is 1. The molecule has 3 rings (SSSR count). The molecule has 0 aromatic carbocycles. The minimum absolute atomic E-state index is 0.0723. The Bertz CT molecular complexity index is 413. The molecule has 6 heteroatoms. The van der Waals surface area contributed by atoms with Crippen LogP contribution in [0.25, 0.3) is 0 Å². The monoisotopic (exact) mass is 341 g/mol. The van der Waals surface area contributed by atoms with Gasteiger partial charge in [0.25, 0.3) is 0 Å². The van der Waals surface area contributed by atoms with Gasteiger partial charge in [-0.25, -0.2) is 0 Å². The summed E-state index contributed by atoms with van der Waals surface area (Å²) in [6.45, 7) is 5.74. The van der Waals surface area contributed by atoms with Gasteiger partial charge < -0.3 is 19.1 Å². The van der Waals surface area contributed by atoms with E-state index in [2.05, 4.69) is 6.58 Å². The first-order chi connectivity index (χ1) is 11.3. The zero-order chi connectivity index (χ0) is 16.1. The number of ether oxygens (including phenoxy) is 3. The van der Waals surface area contributed by atoms with Crippen molar-refractivity contribution in [2.24, 2.45) is 0 Å². The van der Waals surface area contributed by atoms with Crippen LogP contribution in [0.4, 0.5) is 0 Å². The SMILES string of the molecule is C=CCN(CC1CCCS1)C(=O)COC1CCC2OCOC2C1. The van der Waals surface area contributed by atoms with Crippen molar-refractivity contribution >= 4 is 17.7 Å². The molecule has 0 radical (unpaired) electrons. The Hall–Kier alpha value is -0.560. The summed E-state index contributed by atoms with van der Waals surface area (Å²) >= 11 is 1.97. The van der Waals surface area contributed by atoms with Gasteiger partial charge in [-0.2, -0.15) is 11.8 Å². The number of nitrogens with zero attached hydrogens (tertiary/aromatic N) is 1. The normalized spacial score (nSPS) is 33.4. The van der Waals surface area contributed by atoms with Crippen molar-refractivity contribution in [1.82, 2.24) is 4.90 Å². The van der Waals surface area contributed by atoms with E-state index in [1.807, 2.05) is 16.7 Å². The number of fused-ring (bicyclic) bond motifs is 1. The van der Waals surface area contributed by atoms with Crippen molar-refractivity contribution in [3.63, 3.8) is 0 Å². The minimum Gasteiger partial charge on any atom is -0.368 e. The van der Waals surface area contributed by atoms with Crippen LogP contribution in [0.3, 0.4) is 0 Å². The molecule has 4 atom stereocenters. The first-order valence-electron chi connectivity index (χ1n) is 8.61. The number of thioether (sulfide) groups is 1. The zero-order valence-electron chi connectivity index (χ0n) is 13.7. The molecule has 23 heavy (non-hydrogen) atoms. The lowest BCUT2D eigenvalue weighted by Crippen LogP contribution is -2.41. The summed E-state index contributed by atoms with van der Waals surface area (Å²) in [6.07, 6.45) is 7.46. The molecule has 2 saturated heterocycles. The predicted octanol–water partition coefficient (Wildman–Crippen LogP) is 2.21. The molecule has 130 valence electrons. The highest BCUT2D eigenvalue weighted by atomic mass is 32.2. The molecule has 0 aromatic rings. The largest absolute Gasteiger partial charge is 0.368 e. The van der Waals surface area contributed by atoms with E-state index in [0.717, 1.165) is 25.8 Å². The lowest BCUT2D eigenvalue weighted by molar-refractivity contribution is -0.139. The van der Waals surface area contributed by atoms with Crippen molar-refractivity contribution in [2.45, 2.75) is 55.7 Å². The molecule has 3 fully saturated rings. The summed E-state index contributed by atoms with van der Waals surface area (Å²) in [5.74, 6) is 1.28. The van der Waals surface area contributed by atoms with E-state index in [9.17, 15) is 4.79 Å². The first kappa shape index (κ1) is 17.3. The van der Waals surface area contributed by atoms with Crippen LogP contribution >= 0.6 is 11.8 Å². The average Bonchev–Trinajstić information content (AvgIpc) is 3.22. The highest BCUT2D eigenvalue weighted by molar-refractivity contribution is 8.00. The van der Waals surface area contributed by atoms with E-state index in [4.69, 9.17) is 14.2 Å². The van der Waals surface area contributed by atoms with Crippen LogP contribution in [0.2, 0.25) is 0 Å². The van der Waals surface area contributed by atoms with Gasteiger partial charge in [-0.15, -0.1) is 6.58 Å². The van der Waals surface area contributed by atoms with Gasteiger partial charge in [0.1, 0.15) is 13.4 Å². The number of carbonyl (C=O) groups is 1. The van der Waals surface area contributed by atoms with Crippen LogP contribution < -0.4 is 0 Å². The molecule has 4 unspecified atom stereocenters. The molecule has 2 heterocycles. The summed E-state index contributed by atoms with van der Waals surface area (Å²) in [5.41, 5.74) is 0. The molecular formula is C17H27NO4S. The lowest BCUT2D eigenvalue weighted by atomic mass is 9.92. The van der Waals surface area contributed by atoms with Gasteiger partial charge in [0.15, 0.2) is 0 Å². The minimum atomic E-state index is 0.0723. The van der Waals surface area contributed by atoms with Crippen molar-refractivity contribution in [2.75, 3.05) is 32.2 Å². The second-order valence-electron chi connectivity index (χ2n) is 6.50. The van der Waals surface area contributed by atoms with Gasteiger partial charge in [-0.3, -0.25) is 4.79 Å². The Labute approximate surface area is 142 Å². The average molecular weight is 341 g/mol. The molecule has 3 aliphatic rings. The Morgan fingerprint density at radius 1 is 1.30 bits per heavy atom. The fourth-order valence-corrected chi connectivity index (χ4v) is 4.83. The van der Waals surface area contributed by atoms with Crippen LogP contribution in [-0.2, 0) is 19.0 Å². The zero-order valence-corrected chi connectivity index (χ0v) is 14.5. The summed E-state index contributed by atoms with van der Waals surface area (Å²) < 4.78 is 16.9. The van der Waals surface area contributed by atoms with E-state index in [-0.39, 0.29) is 30.8 Å². The Kier molecular flexibility index (Phi) is 6.39. The second-order valence-corrected chi connectivity index (χ2v) is 7.90. The van der Waals surface area contributed by atoms with E-state index < -0.39 is 0 Å². The van der Waals surface area contributed by atoms with E-state index >= 15 is 0 Å². The van der Waals surface area contributed by atoms with Gasteiger partial charge in [0, 0.05) is 24.8 Å². The van der Waals surface area contributed by atoms with Crippen LogP contribution in [-0.4, -0.2) is 66.6 Å². The molecule has 0 spiro atoms. The van der Waals surface area contributed by atoms with E-state index in [0.29, 0.717) is 18.6 Å². The highest BCUT2D eigenvalue weighted by Crippen LogP contribution is 2.30. The third-order valence-corrected chi connectivity index (χ3v) is 6.22. The fraction of sp³-hybridized carbons (Fsp3) is 0.824. The highest BCUT2D eigenvalue weighted by Gasteiger charge is 2.36. The molecule has 5 nitrogen and oxygen atoms in total. The molecule has 1 aliphatic carbocycles. The van der Waals surface area contributed by atoms with Crippen molar-refractivity contribution in [3.05, 3.63) is 12.7 Å². The van der Waals surface area contributed by atoms with Gasteiger partial charge in [0.2, 0.25) is 5.91 Å². The van der Waals surface area contributed by atoms with Crippen molar-refractivity contribution in [3.8, 4) is 0 Å². The summed E-state index contributed by atoms with van der Waals surface area (Å²) in [5, 5.41) is 0.568. The maximum atomic E-state index is 12.5. The number of amides is 1. The standard InChI is InChI=1S/C17H27NO4S/c1-2-7-18(10-14-4-3-8-23-14)17(19)11-20-13-5-6-15-16(9-13)22-12-21-15/h2,13-16H,1,3-12H2. The van der Waals surface area contributed by atoms with Gasteiger partial charge in [-0.05, 0) is 31.4 Å². The molecule has 2 aliphatic heterocycles. The summed E-state index contributed by atoms with van der Waals surface area (Å²) in [6, 6.07) is 0. The second kappa shape index (κ2) is 8.51. The van der Waals surface area contributed by atoms with Crippen LogP contribution in [0.15, 0.2) is 12.7 Å². The van der Waals surface area contributed by atoms with Crippen LogP contribution in [0, 0.1) is 0 Å².